The Hall–Kier alpha value is -2.55. The van der Waals surface area contributed by atoms with Crippen molar-refractivity contribution in [3.8, 4) is 0 Å². The van der Waals surface area contributed by atoms with Gasteiger partial charge in [-0.2, -0.15) is 0 Å². The molecule has 0 amide bonds. The van der Waals surface area contributed by atoms with Crippen molar-refractivity contribution < 1.29 is 4.79 Å². The number of aryl methyl sites for hydroxylation is 1. The van der Waals surface area contributed by atoms with Crippen LogP contribution in [0, 0.1) is 5.41 Å². The molecule has 0 saturated carbocycles. The molecule has 3 heteroatoms. The monoisotopic (exact) mass is 346 g/mol. The van der Waals surface area contributed by atoms with Crippen molar-refractivity contribution in [2.75, 3.05) is 10.6 Å². The lowest BCUT2D eigenvalue weighted by Gasteiger charge is -2.34. The standard InChI is InChI=1S/C23H26N2O/c1-4-15-9-11-16(12-10-15)22-21-19(13-23(2,3)14-20(21)26)24-17-7-5-6-8-18(17)25-22/h5-12,22,24-25H,4,13-14H2,1-3H3/t22-/m1/s1. The predicted octanol–water partition coefficient (Wildman–Crippen LogP) is 5.47. The molecule has 2 aliphatic rings. The molecule has 0 fully saturated rings. The highest BCUT2D eigenvalue weighted by molar-refractivity contribution is 6.01. The molecule has 3 nitrogen and oxygen atoms in total. The van der Waals surface area contributed by atoms with Crippen LogP contribution in [0.2, 0.25) is 0 Å². The van der Waals surface area contributed by atoms with E-state index >= 15 is 0 Å². The van der Waals surface area contributed by atoms with Crippen molar-refractivity contribution in [3.05, 3.63) is 70.9 Å². The second-order valence-electron chi connectivity index (χ2n) is 8.18. The third-order valence-electron chi connectivity index (χ3n) is 5.44. The van der Waals surface area contributed by atoms with E-state index in [-0.39, 0.29) is 17.2 Å². The maximum Gasteiger partial charge on any atom is 0.163 e. The van der Waals surface area contributed by atoms with E-state index in [1.165, 1.54) is 5.56 Å². The van der Waals surface area contributed by atoms with Crippen LogP contribution in [-0.2, 0) is 11.2 Å². The highest BCUT2D eigenvalue weighted by Gasteiger charge is 2.38. The summed E-state index contributed by atoms with van der Waals surface area (Å²) in [5.74, 6) is 0.244. The number of nitrogens with one attached hydrogen (secondary N) is 2. The van der Waals surface area contributed by atoms with Gasteiger partial charge in [-0.3, -0.25) is 4.79 Å². The molecular formula is C23H26N2O. The first-order chi connectivity index (χ1) is 12.5. The minimum Gasteiger partial charge on any atom is -0.372 e. The molecule has 1 aliphatic heterocycles. The van der Waals surface area contributed by atoms with Crippen molar-refractivity contribution >= 4 is 17.2 Å². The van der Waals surface area contributed by atoms with E-state index in [0.717, 1.165) is 41.1 Å². The van der Waals surface area contributed by atoms with Crippen molar-refractivity contribution in [2.45, 2.75) is 46.1 Å². The normalized spacial score (nSPS) is 21.2. The summed E-state index contributed by atoms with van der Waals surface area (Å²) >= 11 is 0. The van der Waals surface area contributed by atoms with Crippen molar-refractivity contribution in [1.29, 1.82) is 0 Å². The van der Waals surface area contributed by atoms with E-state index in [2.05, 4.69) is 67.8 Å². The van der Waals surface area contributed by atoms with Crippen LogP contribution in [0.1, 0.15) is 50.8 Å². The van der Waals surface area contributed by atoms with Gasteiger partial charge in [-0.15, -0.1) is 0 Å². The lowest BCUT2D eigenvalue weighted by atomic mass is 9.73. The summed E-state index contributed by atoms with van der Waals surface area (Å²) in [5.41, 5.74) is 6.47. The Kier molecular flexibility index (Phi) is 4.10. The Morgan fingerprint density at radius 1 is 1.00 bits per heavy atom. The summed E-state index contributed by atoms with van der Waals surface area (Å²) in [7, 11) is 0. The fourth-order valence-corrected chi connectivity index (χ4v) is 4.09. The Morgan fingerprint density at radius 2 is 1.69 bits per heavy atom. The summed E-state index contributed by atoms with van der Waals surface area (Å²) < 4.78 is 0. The van der Waals surface area contributed by atoms with Crippen LogP contribution in [-0.4, -0.2) is 5.78 Å². The van der Waals surface area contributed by atoms with Gasteiger partial charge in [-0.05, 0) is 41.5 Å². The molecule has 2 N–H and O–H groups in total. The number of carbonyl (C=O) groups excluding carboxylic acids is 1. The number of hydrogen-bond donors (Lipinski definition) is 2. The van der Waals surface area contributed by atoms with Crippen LogP contribution in [0.3, 0.4) is 0 Å². The second kappa shape index (κ2) is 6.31. The summed E-state index contributed by atoms with van der Waals surface area (Å²) in [6, 6.07) is 16.7. The molecule has 0 radical (unpaired) electrons. The highest BCUT2D eigenvalue weighted by Crippen LogP contribution is 2.45. The molecule has 0 spiro atoms. The number of ketones is 1. The van der Waals surface area contributed by atoms with Crippen LogP contribution in [0.4, 0.5) is 11.4 Å². The lowest BCUT2D eigenvalue weighted by Crippen LogP contribution is -2.31. The fourth-order valence-electron chi connectivity index (χ4n) is 4.09. The zero-order chi connectivity index (χ0) is 18.3. The Bertz CT molecular complexity index is 877. The maximum atomic E-state index is 13.1. The third kappa shape index (κ3) is 3.03. The molecule has 2 aromatic rings. The molecule has 26 heavy (non-hydrogen) atoms. The van der Waals surface area contributed by atoms with Crippen molar-refractivity contribution in [3.63, 3.8) is 0 Å². The molecule has 0 bridgehead atoms. The van der Waals surface area contributed by atoms with E-state index in [1.54, 1.807) is 0 Å². The van der Waals surface area contributed by atoms with Gasteiger partial charge in [0.25, 0.3) is 0 Å². The number of carbonyl (C=O) groups is 1. The average molecular weight is 346 g/mol. The van der Waals surface area contributed by atoms with Crippen LogP contribution in [0.5, 0.6) is 0 Å². The summed E-state index contributed by atoms with van der Waals surface area (Å²) in [5, 5.41) is 7.20. The smallest absolute Gasteiger partial charge is 0.163 e. The zero-order valence-corrected chi connectivity index (χ0v) is 15.7. The number of benzene rings is 2. The van der Waals surface area contributed by atoms with Gasteiger partial charge in [-0.1, -0.05) is 57.2 Å². The van der Waals surface area contributed by atoms with Gasteiger partial charge in [0, 0.05) is 17.7 Å². The molecular weight excluding hydrogens is 320 g/mol. The van der Waals surface area contributed by atoms with E-state index in [9.17, 15) is 4.79 Å². The van der Waals surface area contributed by atoms with Crippen LogP contribution in [0.15, 0.2) is 59.8 Å². The van der Waals surface area contributed by atoms with Gasteiger partial charge in [0.15, 0.2) is 5.78 Å². The van der Waals surface area contributed by atoms with E-state index < -0.39 is 0 Å². The Labute approximate surface area is 155 Å². The van der Waals surface area contributed by atoms with Crippen LogP contribution in [0.25, 0.3) is 0 Å². The Morgan fingerprint density at radius 3 is 2.38 bits per heavy atom. The summed E-state index contributed by atoms with van der Waals surface area (Å²) in [4.78, 5) is 13.1. The molecule has 1 heterocycles. The molecule has 1 atom stereocenters. The molecule has 0 unspecified atom stereocenters. The van der Waals surface area contributed by atoms with Crippen LogP contribution >= 0.6 is 0 Å². The van der Waals surface area contributed by atoms with E-state index in [0.29, 0.717) is 6.42 Å². The number of anilines is 2. The quantitative estimate of drug-likeness (QED) is 0.757. The first-order valence-electron chi connectivity index (χ1n) is 9.44. The minimum absolute atomic E-state index is 0.0151. The van der Waals surface area contributed by atoms with Crippen molar-refractivity contribution in [2.24, 2.45) is 5.41 Å². The number of fused-ring (bicyclic) bond motifs is 1. The molecule has 2 aromatic carbocycles. The first kappa shape index (κ1) is 16.9. The lowest BCUT2D eigenvalue weighted by molar-refractivity contribution is -0.118. The number of allylic oxidation sites excluding steroid dienone is 1. The topological polar surface area (TPSA) is 41.1 Å². The third-order valence-corrected chi connectivity index (χ3v) is 5.44. The maximum absolute atomic E-state index is 13.1. The largest absolute Gasteiger partial charge is 0.372 e. The number of Topliss-reactive ketones (excluding diaryl/α,β-unsaturated/α-hetero) is 1. The van der Waals surface area contributed by atoms with Gasteiger partial charge < -0.3 is 10.6 Å². The van der Waals surface area contributed by atoms with E-state index in [4.69, 9.17) is 0 Å². The highest BCUT2D eigenvalue weighted by atomic mass is 16.1. The first-order valence-corrected chi connectivity index (χ1v) is 9.44. The van der Waals surface area contributed by atoms with Crippen molar-refractivity contribution in [1.82, 2.24) is 0 Å². The zero-order valence-electron chi connectivity index (χ0n) is 15.7. The second-order valence-corrected chi connectivity index (χ2v) is 8.18. The van der Waals surface area contributed by atoms with Gasteiger partial charge in [-0.25, -0.2) is 0 Å². The van der Waals surface area contributed by atoms with Gasteiger partial charge in [0.2, 0.25) is 0 Å². The molecule has 0 aromatic heterocycles. The van der Waals surface area contributed by atoms with Gasteiger partial charge >= 0.3 is 0 Å². The van der Waals surface area contributed by atoms with Crippen LogP contribution < -0.4 is 10.6 Å². The molecule has 1 aliphatic carbocycles. The fraction of sp³-hybridized carbons (Fsp3) is 0.348. The number of para-hydroxylation sites is 2. The molecule has 0 saturated heterocycles. The SMILES string of the molecule is CCc1ccc([C@H]2Nc3ccccc3NC3=C2C(=O)CC(C)(C)C3)cc1. The summed E-state index contributed by atoms with van der Waals surface area (Å²) in [6.07, 6.45) is 2.49. The summed E-state index contributed by atoms with van der Waals surface area (Å²) in [6.45, 7) is 6.50. The molecule has 134 valence electrons. The molecule has 4 rings (SSSR count). The minimum atomic E-state index is -0.115. The van der Waals surface area contributed by atoms with E-state index in [1.807, 2.05) is 12.1 Å². The Balaban J connectivity index is 1.85. The van der Waals surface area contributed by atoms with Gasteiger partial charge in [0.05, 0.1) is 17.4 Å². The predicted molar refractivity (Wildman–Crippen MR) is 107 cm³/mol. The number of rotatable bonds is 2. The average Bonchev–Trinajstić information content (AvgIpc) is 2.77. The van der Waals surface area contributed by atoms with Gasteiger partial charge in [0.1, 0.15) is 0 Å². The number of hydrogen-bond acceptors (Lipinski definition) is 3.